The van der Waals surface area contributed by atoms with Crippen LogP contribution in [-0.2, 0) is 4.79 Å². The molecule has 0 fully saturated rings. The molecule has 0 spiro atoms. The highest BCUT2D eigenvalue weighted by atomic mass is 16.5. The van der Waals surface area contributed by atoms with E-state index in [1.165, 1.54) is 5.56 Å². The third-order valence-electron chi connectivity index (χ3n) is 3.48. The molecule has 0 aliphatic carbocycles. The van der Waals surface area contributed by atoms with Crippen molar-refractivity contribution in [3.8, 4) is 5.75 Å². The maximum absolute atomic E-state index is 12.1. The maximum Gasteiger partial charge on any atom is 0.265 e. The molecule has 3 heteroatoms. The van der Waals surface area contributed by atoms with Crippen LogP contribution in [-0.4, -0.2) is 12.0 Å². The van der Waals surface area contributed by atoms with E-state index in [1.807, 2.05) is 63.2 Å². The van der Waals surface area contributed by atoms with Crippen LogP contribution in [0.1, 0.15) is 23.6 Å². The first kappa shape index (κ1) is 15.1. The van der Waals surface area contributed by atoms with Gasteiger partial charge in [-0.1, -0.05) is 23.8 Å². The van der Waals surface area contributed by atoms with Crippen molar-refractivity contribution in [1.29, 1.82) is 0 Å². The Bertz CT molecular complexity index is 632. The van der Waals surface area contributed by atoms with Gasteiger partial charge in [-0.15, -0.1) is 0 Å². The van der Waals surface area contributed by atoms with E-state index in [2.05, 4.69) is 5.32 Å². The van der Waals surface area contributed by atoms with Gasteiger partial charge in [0.2, 0.25) is 0 Å². The number of carbonyl (C=O) groups excluding carboxylic acids is 1. The molecule has 0 aliphatic heterocycles. The van der Waals surface area contributed by atoms with Crippen LogP contribution in [0.3, 0.4) is 0 Å². The number of aryl methyl sites for hydroxylation is 3. The summed E-state index contributed by atoms with van der Waals surface area (Å²) in [6.45, 7) is 7.83. The van der Waals surface area contributed by atoms with Crippen LogP contribution < -0.4 is 10.1 Å². The minimum absolute atomic E-state index is 0.154. The van der Waals surface area contributed by atoms with Crippen LogP contribution in [0.5, 0.6) is 5.75 Å². The Morgan fingerprint density at radius 3 is 2.29 bits per heavy atom. The van der Waals surface area contributed by atoms with E-state index >= 15 is 0 Å². The maximum atomic E-state index is 12.1. The molecule has 0 heterocycles. The number of carbonyl (C=O) groups is 1. The fourth-order valence-electron chi connectivity index (χ4n) is 1.94. The molecule has 0 radical (unpaired) electrons. The monoisotopic (exact) mass is 283 g/mol. The Labute approximate surface area is 126 Å². The lowest BCUT2D eigenvalue weighted by Gasteiger charge is -2.15. The molecular weight excluding hydrogens is 262 g/mol. The second-order valence-corrected chi connectivity index (χ2v) is 5.36. The zero-order chi connectivity index (χ0) is 15.4. The number of benzene rings is 2. The number of anilines is 1. The second kappa shape index (κ2) is 6.44. The number of hydrogen-bond acceptors (Lipinski definition) is 2. The van der Waals surface area contributed by atoms with Crippen LogP contribution in [0, 0.1) is 20.8 Å². The van der Waals surface area contributed by atoms with Gasteiger partial charge in [-0.25, -0.2) is 0 Å². The number of rotatable bonds is 4. The molecule has 1 amide bonds. The first-order valence-corrected chi connectivity index (χ1v) is 7.07. The molecule has 110 valence electrons. The normalized spacial score (nSPS) is 11.8. The standard InChI is InChI=1S/C18H21NO2/c1-12-5-9-17(10-6-12)21-15(4)18(20)19-16-8-7-13(2)14(3)11-16/h5-11,15H,1-4H3,(H,19,20)/t15-/m1/s1. The van der Waals surface area contributed by atoms with Crippen molar-refractivity contribution in [3.05, 3.63) is 59.2 Å². The molecule has 0 saturated heterocycles. The van der Waals surface area contributed by atoms with E-state index in [0.717, 1.165) is 16.8 Å². The van der Waals surface area contributed by atoms with E-state index in [9.17, 15) is 4.79 Å². The topological polar surface area (TPSA) is 38.3 Å². The smallest absolute Gasteiger partial charge is 0.265 e. The van der Waals surface area contributed by atoms with Crippen LogP contribution >= 0.6 is 0 Å². The van der Waals surface area contributed by atoms with Gasteiger partial charge in [0.15, 0.2) is 6.10 Å². The van der Waals surface area contributed by atoms with E-state index in [4.69, 9.17) is 4.74 Å². The molecule has 0 unspecified atom stereocenters. The SMILES string of the molecule is Cc1ccc(O[C@H](C)C(=O)Nc2ccc(C)c(C)c2)cc1. The number of hydrogen-bond donors (Lipinski definition) is 1. The summed E-state index contributed by atoms with van der Waals surface area (Å²) in [5, 5.41) is 2.88. The van der Waals surface area contributed by atoms with Crippen LogP contribution in [0.4, 0.5) is 5.69 Å². The van der Waals surface area contributed by atoms with Gasteiger partial charge in [-0.2, -0.15) is 0 Å². The van der Waals surface area contributed by atoms with Crippen molar-refractivity contribution in [3.63, 3.8) is 0 Å². The van der Waals surface area contributed by atoms with Gasteiger partial charge in [0, 0.05) is 5.69 Å². The molecule has 2 aromatic carbocycles. The highest BCUT2D eigenvalue weighted by Crippen LogP contribution is 2.16. The predicted molar refractivity (Wildman–Crippen MR) is 85.8 cm³/mol. The first-order valence-electron chi connectivity index (χ1n) is 7.07. The summed E-state index contributed by atoms with van der Waals surface area (Å²) in [7, 11) is 0. The lowest BCUT2D eigenvalue weighted by Crippen LogP contribution is -2.30. The van der Waals surface area contributed by atoms with Crippen molar-refractivity contribution in [1.82, 2.24) is 0 Å². The Kier molecular flexibility index (Phi) is 4.63. The van der Waals surface area contributed by atoms with Crippen LogP contribution in [0.25, 0.3) is 0 Å². The summed E-state index contributed by atoms with van der Waals surface area (Å²) in [5.74, 6) is 0.544. The fourth-order valence-corrected chi connectivity index (χ4v) is 1.94. The van der Waals surface area contributed by atoms with Crippen molar-refractivity contribution in [2.45, 2.75) is 33.8 Å². The van der Waals surface area contributed by atoms with Gasteiger partial charge < -0.3 is 10.1 Å². The van der Waals surface area contributed by atoms with E-state index in [1.54, 1.807) is 6.92 Å². The van der Waals surface area contributed by atoms with Gasteiger partial charge in [0.25, 0.3) is 5.91 Å². The molecule has 0 saturated carbocycles. The lowest BCUT2D eigenvalue weighted by atomic mass is 10.1. The minimum Gasteiger partial charge on any atom is -0.481 e. The quantitative estimate of drug-likeness (QED) is 0.920. The van der Waals surface area contributed by atoms with E-state index in [0.29, 0.717) is 5.75 Å². The second-order valence-electron chi connectivity index (χ2n) is 5.36. The van der Waals surface area contributed by atoms with Gasteiger partial charge in [-0.3, -0.25) is 4.79 Å². The Balaban J connectivity index is 1.98. The van der Waals surface area contributed by atoms with E-state index in [-0.39, 0.29) is 5.91 Å². The summed E-state index contributed by atoms with van der Waals surface area (Å²) < 4.78 is 5.65. The zero-order valence-corrected chi connectivity index (χ0v) is 12.9. The number of nitrogens with one attached hydrogen (secondary N) is 1. The average molecular weight is 283 g/mol. The first-order chi connectivity index (χ1) is 9.95. The molecule has 1 atom stereocenters. The van der Waals surface area contributed by atoms with Crippen molar-refractivity contribution in [2.75, 3.05) is 5.32 Å². The molecule has 0 aliphatic rings. The molecule has 2 aromatic rings. The summed E-state index contributed by atoms with van der Waals surface area (Å²) in [6.07, 6.45) is -0.547. The largest absolute Gasteiger partial charge is 0.481 e. The zero-order valence-electron chi connectivity index (χ0n) is 12.9. The van der Waals surface area contributed by atoms with E-state index < -0.39 is 6.10 Å². The van der Waals surface area contributed by atoms with Gasteiger partial charge in [0.05, 0.1) is 0 Å². The summed E-state index contributed by atoms with van der Waals surface area (Å²) in [6, 6.07) is 13.5. The highest BCUT2D eigenvalue weighted by Gasteiger charge is 2.15. The third-order valence-corrected chi connectivity index (χ3v) is 3.48. The summed E-state index contributed by atoms with van der Waals surface area (Å²) in [5.41, 5.74) is 4.31. The summed E-state index contributed by atoms with van der Waals surface area (Å²) in [4.78, 5) is 12.1. The Morgan fingerprint density at radius 1 is 1.00 bits per heavy atom. The Hall–Kier alpha value is -2.29. The highest BCUT2D eigenvalue weighted by molar-refractivity contribution is 5.94. The van der Waals surface area contributed by atoms with Crippen molar-refractivity contribution >= 4 is 11.6 Å². The molecule has 3 nitrogen and oxygen atoms in total. The van der Waals surface area contributed by atoms with Gasteiger partial charge in [0.1, 0.15) is 5.75 Å². The van der Waals surface area contributed by atoms with Crippen molar-refractivity contribution in [2.24, 2.45) is 0 Å². The molecular formula is C18H21NO2. The van der Waals surface area contributed by atoms with Gasteiger partial charge >= 0.3 is 0 Å². The van der Waals surface area contributed by atoms with Crippen LogP contribution in [0.2, 0.25) is 0 Å². The number of amides is 1. The molecule has 21 heavy (non-hydrogen) atoms. The predicted octanol–water partition coefficient (Wildman–Crippen LogP) is 4.02. The molecule has 0 bridgehead atoms. The molecule has 0 aromatic heterocycles. The average Bonchev–Trinajstić information content (AvgIpc) is 2.45. The minimum atomic E-state index is -0.547. The number of ether oxygens (including phenoxy) is 1. The molecule has 1 N–H and O–H groups in total. The third kappa shape index (κ3) is 4.09. The molecule has 2 rings (SSSR count). The Morgan fingerprint density at radius 2 is 1.67 bits per heavy atom. The van der Waals surface area contributed by atoms with Crippen LogP contribution in [0.15, 0.2) is 42.5 Å². The lowest BCUT2D eigenvalue weighted by molar-refractivity contribution is -0.122. The summed E-state index contributed by atoms with van der Waals surface area (Å²) >= 11 is 0. The van der Waals surface area contributed by atoms with Crippen molar-refractivity contribution < 1.29 is 9.53 Å². The fraction of sp³-hybridized carbons (Fsp3) is 0.278. The van der Waals surface area contributed by atoms with Gasteiger partial charge in [-0.05, 0) is 63.1 Å².